The number of carbonyl (C=O) groups excluding carboxylic acids is 2. The molecule has 2 amide bonds. The van der Waals surface area contributed by atoms with Gasteiger partial charge in [-0.05, 0) is 30.2 Å². The molecule has 8 nitrogen and oxygen atoms in total. The number of methoxy groups -OCH3 is 1. The van der Waals surface area contributed by atoms with Gasteiger partial charge in [-0.2, -0.15) is 5.26 Å². The van der Waals surface area contributed by atoms with Crippen LogP contribution in [-0.4, -0.2) is 32.3 Å². The van der Waals surface area contributed by atoms with Crippen LogP contribution in [-0.2, 0) is 9.53 Å². The van der Waals surface area contributed by atoms with Gasteiger partial charge in [0.1, 0.15) is 6.07 Å². The zero-order valence-corrected chi connectivity index (χ0v) is 16.6. The van der Waals surface area contributed by atoms with Crippen molar-refractivity contribution >= 4 is 17.7 Å². The van der Waals surface area contributed by atoms with E-state index in [9.17, 15) is 9.59 Å². The molecule has 0 fully saturated rings. The van der Waals surface area contributed by atoms with Crippen molar-refractivity contribution in [3.8, 4) is 17.6 Å². The molecule has 1 atom stereocenters. The van der Waals surface area contributed by atoms with Gasteiger partial charge >= 0.3 is 12.0 Å². The fraction of sp³-hybridized carbons (Fsp3) is 0.227. The van der Waals surface area contributed by atoms with Crippen molar-refractivity contribution in [1.29, 1.82) is 5.26 Å². The van der Waals surface area contributed by atoms with E-state index < -0.39 is 18.0 Å². The molecule has 2 N–H and O–H groups in total. The number of rotatable bonds is 7. The maximum absolute atomic E-state index is 12.9. The molecule has 0 saturated heterocycles. The van der Waals surface area contributed by atoms with Crippen LogP contribution in [0.2, 0.25) is 0 Å². The second kappa shape index (κ2) is 9.47. The van der Waals surface area contributed by atoms with Crippen LogP contribution in [0.15, 0.2) is 54.1 Å². The Balaban J connectivity index is 2.12. The number of ether oxygens (including phenoxy) is 3. The summed E-state index contributed by atoms with van der Waals surface area (Å²) in [4.78, 5) is 25.3. The number of nitrogens with zero attached hydrogens (tertiary/aromatic N) is 1. The Kier molecular flexibility index (Phi) is 6.55. The molecule has 0 saturated carbocycles. The van der Waals surface area contributed by atoms with E-state index in [0.717, 1.165) is 0 Å². The summed E-state index contributed by atoms with van der Waals surface area (Å²) in [5.41, 5.74) is 1.94. The summed E-state index contributed by atoms with van der Waals surface area (Å²) in [5.74, 6) is 0.214. The van der Waals surface area contributed by atoms with Crippen LogP contribution < -0.4 is 20.1 Å². The molecule has 2 aromatic rings. The first-order chi connectivity index (χ1) is 14.6. The highest BCUT2D eigenvalue weighted by atomic mass is 16.5. The van der Waals surface area contributed by atoms with Crippen molar-refractivity contribution in [2.24, 2.45) is 0 Å². The number of esters is 1. The molecule has 30 heavy (non-hydrogen) atoms. The van der Waals surface area contributed by atoms with Crippen LogP contribution in [0, 0.1) is 11.3 Å². The van der Waals surface area contributed by atoms with Crippen LogP contribution >= 0.6 is 0 Å². The zero-order valence-electron chi connectivity index (χ0n) is 16.6. The van der Waals surface area contributed by atoms with Crippen molar-refractivity contribution in [3.63, 3.8) is 0 Å². The monoisotopic (exact) mass is 407 g/mol. The summed E-state index contributed by atoms with van der Waals surface area (Å²) in [6.45, 7) is 1.77. The summed E-state index contributed by atoms with van der Waals surface area (Å²) in [7, 11) is 1.47. The molecule has 0 spiro atoms. The summed E-state index contributed by atoms with van der Waals surface area (Å²) in [6.07, 6.45) is 0. The predicted octanol–water partition coefficient (Wildman–Crippen LogP) is 2.93. The van der Waals surface area contributed by atoms with Crippen molar-refractivity contribution in [3.05, 3.63) is 65.2 Å². The first kappa shape index (κ1) is 20.7. The maximum atomic E-state index is 12.9. The minimum Gasteiger partial charge on any atom is -0.493 e. The Morgan fingerprint density at radius 1 is 1.17 bits per heavy atom. The number of nitrogens with one attached hydrogen (secondary N) is 2. The Labute approximate surface area is 174 Å². The minimum absolute atomic E-state index is 0.133. The van der Waals surface area contributed by atoms with Gasteiger partial charge in [-0.25, -0.2) is 9.59 Å². The van der Waals surface area contributed by atoms with Crippen molar-refractivity contribution < 1.29 is 23.8 Å². The number of nitriles is 1. The van der Waals surface area contributed by atoms with Gasteiger partial charge in [0.25, 0.3) is 0 Å². The van der Waals surface area contributed by atoms with Crippen LogP contribution in [0.25, 0.3) is 5.70 Å². The molecule has 0 radical (unpaired) electrons. The molecule has 3 rings (SSSR count). The molecular weight excluding hydrogens is 386 g/mol. The van der Waals surface area contributed by atoms with Crippen LogP contribution in [0.4, 0.5) is 4.79 Å². The Hall–Kier alpha value is -3.99. The lowest BCUT2D eigenvalue weighted by molar-refractivity contribution is -0.138. The van der Waals surface area contributed by atoms with Gasteiger partial charge in [0.05, 0.1) is 31.0 Å². The lowest BCUT2D eigenvalue weighted by atomic mass is 9.92. The Morgan fingerprint density at radius 3 is 2.60 bits per heavy atom. The van der Waals surface area contributed by atoms with Crippen molar-refractivity contribution in [2.45, 2.75) is 13.0 Å². The first-order valence-corrected chi connectivity index (χ1v) is 9.31. The Bertz CT molecular complexity index is 1010. The topological polar surface area (TPSA) is 110 Å². The van der Waals surface area contributed by atoms with Crippen LogP contribution in [0.1, 0.15) is 24.1 Å². The number of hydrogen-bond donors (Lipinski definition) is 2. The van der Waals surface area contributed by atoms with Gasteiger partial charge in [0, 0.05) is 0 Å². The van der Waals surface area contributed by atoms with Gasteiger partial charge in [-0.1, -0.05) is 36.4 Å². The number of urea groups is 1. The molecule has 0 aliphatic carbocycles. The average Bonchev–Trinajstić information content (AvgIpc) is 2.77. The summed E-state index contributed by atoms with van der Waals surface area (Å²) in [5, 5.41) is 14.2. The van der Waals surface area contributed by atoms with Gasteiger partial charge < -0.3 is 24.8 Å². The fourth-order valence-corrected chi connectivity index (χ4v) is 3.17. The summed E-state index contributed by atoms with van der Waals surface area (Å²) >= 11 is 0. The molecular formula is C22H21N3O5. The number of carbonyl (C=O) groups is 2. The highest BCUT2D eigenvalue weighted by molar-refractivity contribution is 6.04. The number of hydrogen-bond acceptors (Lipinski definition) is 6. The molecule has 1 heterocycles. The summed E-state index contributed by atoms with van der Waals surface area (Å²) in [6, 6.07) is 14.8. The normalized spacial score (nSPS) is 15.5. The highest BCUT2D eigenvalue weighted by Gasteiger charge is 2.34. The largest absolute Gasteiger partial charge is 0.493 e. The third kappa shape index (κ3) is 4.36. The molecule has 154 valence electrons. The molecule has 0 bridgehead atoms. The minimum atomic E-state index is -0.771. The lowest BCUT2D eigenvalue weighted by Crippen LogP contribution is -2.45. The van der Waals surface area contributed by atoms with E-state index in [1.54, 1.807) is 37.3 Å². The molecule has 2 aromatic carbocycles. The second-order valence-electron chi connectivity index (χ2n) is 6.26. The van der Waals surface area contributed by atoms with E-state index in [2.05, 4.69) is 10.6 Å². The standard InChI is InChI=1S/C22H21N3O5/c1-3-29-21(26)18-19(14-7-5-4-6-8-14)24-22(27)25-20(18)15-9-10-16(30-12-11-23)17(13-15)28-2/h4-10,13,20H,3,12H2,1-2H3,(H2,24,25,27). The van der Waals surface area contributed by atoms with Crippen molar-refractivity contribution in [1.82, 2.24) is 10.6 Å². The quantitative estimate of drug-likeness (QED) is 0.683. The molecule has 1 aliphatic rings. The SMILES string of the molecule is CCOC(=O)C1=C(c2ccccc2)NC(=O)NC1c1ccc(OCC#N)c(OC)c1. The highest BCUT2D eigenvalue weighted by Crippen LogP contribution is 2.36. The third-order valence-corrected chi connectivity index (χ3v) is 4.44. The molecule has 8 heteroatoms. The van der Waals surface area contributed by atoms with E-state index in [4.69, 9.17) is 19.5 Å². The first-order valence-electron chi connectivity index (χ1n) is 9.31. The smallest absolute Gasteiger partial charge is 0.338 e. The lowest BCUT2D eigenvalue weighted by Gasteiger charge is -2.29. The fourth-order valence-electron chi connectivity index (χ4n) is 3.17. The van der Waals surface area contributed by atoms with E-state index in [0.29, 0.717) is 28.3 Å². The number of amides is 2. The Morgan fingerprint density at radius 2 is 1.93 bits per heavy atom. The average molecular weight is 407 g/mol. The molecule has 1 aliphatic heterocycles. The molecule has 1 unspecified atom stereocenters. The van der Waals surface area contributed by atoms with Gasteiger partial charge in [0.2, 0.25) is 0 Å². The van der Waals surface area contributed by atoms with E-state index in [1.807, 2.05) is 24.3 Å². The van der Waals surface area contributed by atoms with Gasteiger partial charge in [-0.15, -0.1) is 0 Å². The van der Waals surface area contributed by atoms with Crippen LogP contribution in [0.3, 0.4) is 0 Å². The van der Waals surface area contributed by atoms with E-state index in [-0.39, 0.29) is 18.8 Å². The van der Waals surface area contributed by atoms with E-state index >= 15 is 0 Å². The predicted molar refractivity (Wildman–Crippen MR) is 109 cm³/mol. The third-order valence-electron chi connectivity index (χ3n) is 4.44. The van der Waals surface area contributed by atoms with Gasteiger partial charge in [-0.3, -0.25) is 0 Å². The second-order valence-corrected chi connectivity index (χ2v) is 6.26. The number of benzene rings is 2. The molecule has 0 aromatic heterocycles. The summed E-state index contributed by atoms with van der Waals surface area (Å²) < 4.78 is 16.0. The maximum Gasteiger partial charge on any atom is 0.338 e. The van der Waals surface area contributed by atoms with E-state index in [1.165, 1.54) is 7.11 Å². The van der Waals surface area contributed by atoms with Crippen LogP contribution in [0.5, 0.6) is 11.5 Å². The van der Waals surface area contributed by atoms with Gasteiger partial charge in [0.15, 0.2) is 18.1 Å². The zero-order chi connectivity index (χ0) is 21.5. The van der Waals surface area contributed by atoms with Crippen molar-refractivity contribution in [2.75, 3.05) is 20.3 Å².